The van der Waals surface area contributed by atoms with Crippen molar-refractivity contribution in [2.24, 2.45) is 0 Å². The average Bonchev–Trinajstić information content (AvgIpc) is 3.12. The first-order valence-corrected chi connectivity index (χ1v) is 10.5. The molecule has 7 nitrogen and oxygen atoms in total. The van der Waals surface area contributed by atoms with E-state index < -0.39 is 10.0 Å². The summed E-state index contributed by atoms with van der Waals surface area (Å²) in [6, 6.07) is 13.4. The van der Waals surface area contributed by atoms with E-state index in [0.717, 1.165) is 11.4 Å². The number of sulfonamides is 1. The Morgan fingerprint density at radius 2 is 1.97 bits per heavy atom. The molecule has 0 aliphatic heterocycles. The maximum absolute atomic E-state index is 12.5. The summed E-state index contributed by atoms with van der Waals surface area (Å²) in [5, 5.41) is 2.79. The summed E-state index contributed by atoms with van der Waals surface area (Å²) in [7, 11) is -3.69. The van der Waals surface area contributed by atoms with Crippen LogP contribution in [0.4, 0.5) is 5.69 Å². The van der Waals surface area contributed by atoms with Gasteiger partial charge >= 0.3 is 0 Å². The zero-order valence-electron chi connectivity index (χ0n) is 16.0. The second-order valence-corrected chi connectivity index (χ2v) is 8.19. The largest absolute Gasteiger partial charge is 0.331 e. The number of amides is 1. The lowest BCUT2D eigenvalue weighted by atomic mass is 10.2. The molecule has 1 heterocycles. The summed E-state index contributed by atoms with van der Waals surface area (Å²) in [5.41, 5.74) is 1.95. The van der Waals surface area contributed by atoms with Gasteiger partial charge in [-0.3, -0.25) is 4.79 Å². The van der Waals surface area contributed by atoms with Crippen molar-refractivity contribution in [2.45, 2.75) is 18.4 Å². The van der Waals surface area contributed by atoms with Crippen molar-refractivity contribution in [3.05, 3.63) is 90.5 Å². The van der Waals surface area contributed by atoms with Gasteiger partial charge in [0, 0.05) is 36.7 Å². The monoisotopic (exact) mass is 410 g/mol. The molecule has 1 amide bonds. The predicted molar refractivity (Wildman–Crippen MR) is 112 cm³/mol. The highest BCUT2D eigenvalue weighted by Crippen LogP contribution is 2.15. The number of hydrogen-bond acceptors (Lipinski definition) is 4. The summed E-state index contributed by atoms with van der Waals surface area (Å²) < 4.78 is 28.9. The minimum Gasteiger partial charge on any atom is -0.331 e. The van der Waals surface area contributed by atoms with E-state index in [1.165, 1.54) is 24.3 Å². The zero-order valence-corrected chi connectivity index (χ0v) is 16.8. The number of aryl methyl sites for hydroxylation is 1. The molecular formula is C21H22N4O3S. The highest BCUT2D eigenvalue weighted by molar-refractivity contribution is 7.89. The molecule has 0 aliphatic carbocycles. The van der Waals surface area contributed by atoms with Crippen molar-refractivity contribution >= 4 is 21.6 Å². The van der Waals surface area contributed by atoms with Gasteiger partial charge in [-0.05, 0) is 42.8 Å². The Balaban J connectivity index is 1.69. The molecule has 0 fully saturated rings. The number of rotatable bonds is 8. The lowest BCUT2D eigenvalue weighted by molar-refractivity contribution is 0.102. The van der Waals surface area contributed by atoms with Gasteiger partial charge in [0.05, 0.1) is 4.90 Å². The van der Waals surface area contributed by atoms with Crippen LogP contribution in [-0.2, 0) is 16.6 Å². The number of imidazole rings is 1. The first-order valence-electron chi connectivity index (χ1n) is 8.98. The summed E-state index contributed by atoms with van der Waals surface area (Å²) in [4.78, 5) is 16.8. The smallest absolute Gasteiger partial charge is 0.255 e. The van der Waals surface area contributed by atoms with Crippen LogP contribution >= 0.6 is 0 Å². The third-order valence-corrected chi connectivity index (χ3v) is 5.73. The van der Waals surface area contributed by atoms with E-state index in [4.69, 9.17) is 0 Å². The zero-order chi connectivity index (χ0) is 20.9. The number of aromatic nitrogens is 2. The minimum absolute atomic E-state index is 0.0260. The van der Waals surface area contributed by atoms with Crippen molar-refractivity contribution in [1.82, 2.24) is 14.3 Å². The molecule has 2 aromatic carbocycles. The van der Waals surface area contributed by atoms with E-state index in [1.54, 1.807) is 12.3 Å². The van der Waals surface area contributed by atoms with Gasteiger partial charge in [-0.1, -0.05) is 24.3 Å². The number of nitrogens with zero attached hydrogens (tertiary/aromatic N) is 2. The maximum atomic E-state index is 12.5. The van der Waals surface area contributed by atoms with Gasteiger partial charge in [-0.15, -0.1) is 6.58 Å². The Morgan fingerprint density at radius 3 is 2.62 bits per heavy atom. The maximum Gasteiger partial charge on any atom is 0.255 e. The molecule has 150 valence electrons. The van der Waals surface area contributed by atoms with Gasteiger partial charge < -0.3 is 9.88 Å². The molecule has 1 aromatic heterocycles. The standard InChI is InChI=1S/C21H22N4O3S/c1-3-11-23-29(27,28)20-6-4-5-18(14-20)21(26)24-19-9-7-17(8-10-19)15-25-13-12-22-16(25)2/h3-10,12-14,23H,1,11,15H2,2H3,(H,24,26). The summed E-state index contributed by atoms with van der Waals surface area (Å²) in [6.07, 6.45) is 5.12. The summed E-state index contributed by atoms with van der Waals surface area (Å²) >= 11 is 0. The van der Waals surface area contributed by atoms with E-state index in [2.05, 4.69) is 21.6 Å². The molecule has 0 radical (unpaired) electrons. The fourth-order valence-electron chi connectivity index (χ4n) is 2.72. The van der Waals surface area contributed by atoms with Gasteiger partial charge in [0.15, 0.2) is 0 Å². The van der Waals surface area contributed by atoms with Gasteiger partial charge in [0.2, 0.25) is 10.0 Å². The summed E-state index contributed by atoms with van der Waals surface area (Å²) in [6.45, 7) is 6.23. The Hall–Kier alpha value is -3.23. The van der Waals surface area contributed by atoms with E-state index in [9.17, 15) is 13.2 Å². The van der Waals surface area contributed by atoms with Gasteiger partial charge in [0.25, 0.3) is 5.91 Å². The van der Waals surface area contributed by atoms with Crippen LogP contribution in [0.25, 0.3) is 0 Å². The molecule has 0 atom stereocenters. The van der Waals surface area contributed by atoms with Gasteiger partial charge in [0.1, 0.15) is 5.82 Å². The molecule has 0 saturated carbocycles. The lowest BCUT2D eigenvalue weighted by Gasteiger charge is -2.09. The Morgan fingerprint density at radius 1 is 1.21 bits per heavy atom. The number of anilines is 1. The first kappa shape index (κ1) is 20.5. The topological polar surface area (TPSA) is 93.1 Å². The van der Waals surface area contributed by atoms with Crippen molar-refractivity contribution in [1.29, 1.82) is 0 Å². The van der Waals surface area contributed by atoms with Gasteiger partial charge in [-0.25, -0.2) is 18.1 Å². The van der Waals surface area contributed by atoms with E-state index in [0.29, 0.717) is 12.2 Å². The Labute approximate surface area is 170 Å². The van der Waals surface area contributed by atoms with Crippen molar-refractivity contribution in [3.63, 3.8) is 0 Å². The molecule has 0 aliphatic rings. The normalized spacial score (nSPS) is 11.2. The van der Waals surface area contributed by atoms with Crippen LogP contribution in [0.3, 0.4) is 0 Å². The second kappa shape index (κ2) is 8.85. The van der Waals surface area contributed by atoms with Crippen LogP contribution in [0.2, 0.25) is 0 Å². The molecule has 3 aromatic rings. The SMILES string of the molecule is C=CCNS(=O)(=O)c1cccc(C(=O)Nc2ccc(Cn3ccnc3C)cc2)c1. The third kappa shape index (κ3) is 5.18. The van der Waals surface area contributed by atoms with Crippen LogP contribution in [-0.4, -0.2) is 30.4 Å². The van der Waals surface area contributed by atoms with Crippen molar-refractivity contribution < 1.29 is 13.2 Å². The molecule has 0 saturated heterocycles. The fraction of sp³-hybridized carbons (Fsp3) is 0.143. The predicted octanol–water partition coefficient (Wildman–Crippen LogP) is 2.96. The molecule has 0 unspecified atom stereocenters. The number of hydrogen-bond donors (Lipinski definition) is 2. The highest BCUT2D eigenvalue weighted by atomic mass is 32.2. The van der Waals surface area contributed by atoms with Gasteiger partial charge in [-0.2, -0.15) is 0 Å². The van der Waals surface area contributed by atoms with Crippen molar-refractivity contribution in [3.8, 4) is 0 Å². The van der Waals surface area contributed by atoms with E-state index in [1.807, 2.05) is 42.0 Å². The van der Waals surface area contributed by atoms with E-state index >= 15 is 0 Å². The van der Waals surface area contributed by atoms with Crippen LogP contribution in [0.5, 0.6) is 0 Å². The number of carbonyl (C=O) groups excluding carboxylic acids is 1. The third-order valence-electron chi connectivity index (χ3n) is 4.31. The number of carbonyl (C=O) groups is 1. The van der Waals surface area contributed by atoms with Crippen molar-refractivity contribution in [2.75, 3.05) is 11.9 Å². The molecule has 3 rings (SSSR count). The van der Waals surface area contributed by atoms with Crippen LogP contribution in [0.15, 0.2) is 78.5 Å². The molecule has 2 N–H and O–H groups in total. The average molecular weight is 410 g/mol. The quantitative estimate of drug-likeness (QED) is 0.559. The first-order chi connectivity index (χ1) is 13.9. The Kier molecular flexibility index (Phi) is 6.26. The molecule has 8 heteroatoms. The Bertz CT molecular complexity index is 1120. The van der Waals surface area contributed by atoms with E-state index in [-0.39, 0.29) is 22.9 Å². The number of benzene rings is 2. The molecule has 0 spiro atoms. The molecule has 0 bridgehead atoms. The second-order valence-electron chi connectivity index (χ2n) is 6.42. The fourth-order valence-corrected chi connectivity index (χ4v) is 3.76. The molecular weight excluding hydrogens is 388 g/mol. The van der Waals surface area contributed by atoms with Crippen LogP contribution in [0.1, 0.15) is 21.7 Å². The minimum atomic E-state index is -3.69. The lowest BCUT2D eigenvalue weighted by Crippen LogP contribution is -2.24. The van der Waals surface area contributed by atoms with Crippen LogP contribution in [0, 0.1) is 6.92 Å². The number of nitrogens with one attached hydrogen (secondary N) is 2. The highest BCUT2D eigenvalue weighted by Gasteiger charge is 2.15. The molecule has 29 heavy (non-hydrogen) atoms. The van der Waals surface area contributed by atoms with Crippen LogP contribution < -0.4 is 10.0 Å². The summed E-state index contributed by atoms with van der Waals surface area (Å²) in [5.74, 6) is 0.545.